The van der Waals surface area contributed by atoms with Crippen molar-refractivity contribution in [2.75, 3.05) is 5.01 Å². The average Bonchev–Trinajstić information content (AvgIpc) is 2.94. The highest BCUT2D eigenvalue weighted by Crippen LogP contribution is 2.34. The second kappa shape index (κ2) is 7.46. The Morgan fingerprint density at radius 2 is 1.48 bits per heavy atom. The highest BCUT2D eigenvalue weighted by molar-refractivity contribution is 6.32. The molecule has 0 bridgehead atoms. The van der Waals surface area contributed by atoms with Crippen LogP contribution in [0.5, 0.6) is 5.75 Å². The number of halogens is 5. The molecule has 2 aromatic carbocycles. The molecule has 0 saturated carbocycles. The van der Waals surface area contributed by atoms with Crippen LogP contribution in [0, 0.1) is 29.1 Å². The van der Waals surface area contributed by atoms with E-state index in [-0.39, 0.29) is 22.0 Å². The Balaban J connectivity index is 1.98. The topological polar surface area (TPSA) is 59.0 Å². The molecule has 0 saturated heterocycles. The van der Waals surface area contributed by atoms with Gasteiger partial charge in [-0.25, -0.2) is 22.0 Å². The third kappa shape index (κ3) is 3.60. The van der Waals surface area contributed by atoms with Crippen molar-refractivity contribution in [3.63, 3.8) is 0 Å². The van der Waals surface area contributed by atoms with E-state index in [1.54, 1.807) is 0 Å². The second-order valence-electron chi connectivity index (χ2n) is 5.94. The van der Waals surface area contributed by atoms with E-state index >= 15 is 0 Å². The van der Waals surface area contributed by atoms with Crippen molar-refractivity contribution in [2.24, 2.45) is 5.10 Å². The van der Waals surface area contributed by atoms with Crippen molar-refractivity contribution < 1.29 is 36.3 Å². The van der Waals surface area contributed by atoms with Gasteiger partial charge in [-0.1, -0.05) is 12.1 Å². The SMILES string of the molecule is CC(=O)Oc1ccc(/C=C2\C(=O)N(c3c(F)c(F)c(F)c(F)c3F)N=C2C)cc1. The molecule has 3 rings (SSSR count). The fourth-order valence-electron chi connectivity index (χ4n) is 2.58. The molecule has 0 radical (unpaired) electrons. The predicted octanol–water partition coefficient (Wildman–Crippen LogP) is 4.11. The van der Waals surface area contributed by atoms with Gasteiger partial charge >= 0.3 is 5.97 Å². The number of esters is 1. The summed E-state index contributed by atoms with van der Waals surface area (Å²) >= 11 is 0. The number of carbonyl (C=O) groups excluding carboxylic acids is 2. The molecule has 0 fully saturated rings. The maximum atomic E-state index is 14.0. The van der Waals surface area contributed by atoms with Gasteiger partial charge in [0.25, 0.3) is 5.91 Å². The minimum absolute atomic E-state index is 0.00278. The molecule has 1 heterocycles. The summed E-state index contributed by atoms with van der Waals surface area (Å²) in [7, 11) is 0. The van der Waals surface area contributed by atoms with Gasteiger partial charge in [0.1, 0.15) is 11.4 Å². The zero-order valence-corrected chi connectivity index (χ0v) is 14.9. The standard InChI is InChI=1S/C19H11F5N2O3/c1-8-12(7-10-3-5-11(6-4-10)29-9(2)27)19(28)26(25-8)18-16(23)14(21)13(20)15(22)17(18)24/h3-7H,1-2H3/b12-7-. The van der Waals surface area contributed by atoms with Crippen molar-refractivity contribution in [2.45, 2.75) is 13.8 Å². The van der Waals surface area contributed by atoms with Gasteiger partial charge in [-0.05, 0) is 30.7 Å². The smallest absolute Gasteiger partial charge is 0.308 e. The Morgan fingerprint density at radius 1 is 0.966 bits per heavy atom. The molecule has 1 amide bonds. The third-order valence-corrected chi connectivity index (χ3v) is 3.91. The molecular weight excluding hydrogens is 399 g/mol. The predicted molar refractivity (Wildman–Crippen MR) is 92.6 cm³/mol. The molecule has 0 spiro atoms. The van der Waals surface area contributed by atoms with E-state index < -0.39 is 46.6 Å². The van der Waals surface area contributed by atoms with Crippen LogP contribution in [0.15, 0.2) is 34.9 Å². The largest absolute Gasteiger partial charge is 0.427 e. The van der Waals surface area contributed by atoms with Gasteiger partial charge in [0.05, 0.1) is 11.3 Å². The van der Waals surface area contributed by atoms with Crippen molar-refractivity contribution in [3.05, 3.63) is 64.5 Å². The average molecular weight is 410 g/mol. The van der Waals surface area contributed by atoms with Crippen LogP contribution in [0.4, 0.5) is 27.6 Å². The number of anilines is 1. The summed E-state index contributed by atoms with van der Waals surface area (Å²) in [5.74, 6) is -12.4. The van der Waals surface area contributed by atoms with Gasteiger partial charge < -0.3 is 4.74 Å². The van der Waals surface area contributed by atoms with Crippen molar-refractivity contribution >= 4 is 29.4 Å². The second-order valence-corrected chi connectivity index (χ2v) is 5.94. The van der Waals surface area contributed by atoms with Crippen LogP contribution in [-0.4, -0.2) is 17.6 Å². The molecule has 29 heavy (non-hydrogen) atoms. The summed E-state index contributed by atoms with van der Waals surface area (Å²) in [6.07, 6.45) is 1.31. The van der Waals surface area contributed by atoms with Crippen molar-refractivity contribution in [1.82, 2.24) is 0 Å². The highest BCUT2D eigenvalue weighted by atomic mass is 19.2. The minimum Gasteiger partial charge on any atom is -0.427 e. The Bertz CT molecular complexity index is 1070. The van der Waals surface area contributed by atoms with Gasteiger partial charge in [0, 0.05) is 6.92 Å². The minimum atomic E-state index is -2.33. The number of rotatable bonds is 3. The van der Waals surface area contributed by atoms with Crippen LogP contribution in [0.2, 0.25) is 0 Å². The Hall–Kier alpha value is -3.56. The Kier molecular flexibility index (Phi) is 5.19. The molecular formula is C19H11F5N2O3. The van der Waals surface area contributed by atoms with Gasteiger partial charge in [-0.15, -0.1) is 0 Å². The Labute approximate surface area is 160 Å². The molecule has 0 atom stereocenters. The Morgan fingerprint density at radius 3 is 2.00 bits per heavy atom. The first-order chi connectivity index (χ1) is 13.6. The molecule has 150 valence electrons. The fraction of sp³-hybridized carbons (Fsp3) is 0.105. The molecule has 0 aromatic heterocycles. The van der Waals surface area contributed by atoms with E-state index in [1.807, 2.05) is 0 Å². The van der Waals surface area contributed by atoms with Crippen LogP contribution in [0.1, 0.15) is 19.4 Å². The van der Waals surface area contributed by atoms with Gasteiger partial charge in [0.2, 0.25) is 5.82 Å². The number of benzene rings is 2. The van der Waals surface area contributed by atoms with Gasteiger partial charge in [-0.2, -0.15) is 10.1 Å². The number of nitrogens with zero attached hydrogens (tertiary/aromatic N) is 2. The molecule has 10 heteroatoms. The van der Waals surface area contributed by atoms with Gasteiger partial charge in [-0.3, -0.25) is 9.59 Å². The monoisotopic (exact) mass is 410 g/mol. The summed E-state index contributed by atoms with van der Waals surface area (Å²) < 4.78 is 73.0. The summed E-state index contributed by atoms with van der Waals surface area (Å²) in [5, 5.41) is 3.76. The van der Waals surface area contributed by atoms with Crippen LogP contribution in [0.3, 0.4) is 0 Å². The van der Waals surface area contributed by atoms with E-state index in [0.717, 1.165) is 0 Å². The number of hydrogen-bond donors (Lipinski definition) is 0. The van der Waals surface area contributed by atoms with Crippen LogP contribution in [-0.2, 0) is 9.59 Å². The zero-order chi connectivity index (χ0) is 21.5. The molecule has 1 aliphatic heterocycles. The van der Waals surface area contributed by atoms with Crippen LogP contribution >= 0.6 is 0 Å². The maximum Gasteiger partial charge on any atom is 0.308 e. The summed E-state index contributed by atoms with van der Waals surface area (Å²) in [5.41, 5.74) is -1.13. The number of ether oxygens (including phenoxy) is 1. The number of amides is 1. The van der Waals surface area contributed by atoms with Crippen molar-refractivity contribution in [1.29, 1.82) is 0 Å². The summed E-state index contributed by atoms with van der Waals surface area (Å²) in [6, 6.07) is 5.88. The lowest BCUT2D eigenvalue weighted by Gasteiger charge is -2.15. The lowest BCUT2D eigenvalue weighted by Crippen LogP contribution is -2.25. The first-order valence-corrected chi connectivity index (χ1v) is 8.03. The van der Waals surface area contributed by atoms with Crippen molar-refractivity contribution in [3.8, 4) is 5.75 Å². The quantitative estimate of drug-likeness (QED) is 0.191. The molecule has 0 aliphatic carbocycles. The summed E-state index contributed by atoms with van der Waals surface area (Å²) in [4.78, 5) is 23.5. The van der Waals surface area contributed by atoms with E-state index in [2.05, 4.69) is 5.10 Å². The first-order valence-electron chi connectivity index (χ1n) is 8.03. The zero-order valence-electron chi connectivity index (χ0n) is 14.9. The molecule has 1 aliphatic rings. The van der Waals surface area contributed by atoms with E-state index in [9.17, 15) is 31.5 Å². The van der Waals surface area contributed by atoms with E-state index in [1.165, 1.54) is 44.2 Å². The fourth-order valence-corrected chi connectivity index (χ4v) is 2.58. The number of hydrogen-bond acceptors (Lipinski definition) is 4. The summed E-state index contributed by atoms with van der Waals surface area (Å²) in [6.45, 7) is 2.56. The van der Waals surface area contributed by atoms with E-state index in [0.29, 0.717) is 5.56 Å². The molecule has 5 nitrogen and oxygen atoms in total. The normalized spacial score (nSPS) is 15.1. The highest BCUT2D eigenvalue weighted by Gasteiger charge is 2.36. The maximum absolute atomic E-state index is 14.0. The lowest BCUT2D eigenvalue weighted by molar-refractivity contribution is -0.131. The van der Waals surface area contributed by atoms with Crippen LogP contribution < -0.4 is 9.75 Å². The molecule has 0 unspecified atom stereocenters. The first kappa shape index (κ1) is 20.2. The van der Waals surface area contributed by atoms with Crippen LogP contribution in [0.25, 0.3) is 6.08 Å². The number of hydrazone groups is 1. The third-order valence-electron chi connectivity index (χ3n) is 3.91. The lowest BCUT2D eigenvalue weighted by atomic mass is 10.1. The van der Waals surface area contributed by atoms with E-state index in [4.69, 9.17) is 4.74 Å². The number of carbonyl (C=O) groups is 2. The molecule has 0 N–H and O–H groups in total. The van der Waals surface area contributed by atoms with Gasteiger partial charge in [0.15, 0.2) is 23.3 Å². The molecule has 2 aromatic rings.